The fraction of sp³-hybridized carbons (Fsp3) is 0.421. The van der Waals surface area contributed by atoms with Crippen LogP contribution in [0.4, 0.5) is 0 Å². The molecule has 2 N–H and O–H groups in total. The highest BCUT2D eigenvalue weighted by Gasteiger charge is 2.21. The van der Waals surface area contributed by atoms with Gasteiger partial charge in [0, 0.05) is 12.6 Å². The molecule has 0 radical (unpaired) electrons. The smallest absolute Gasteiger partial charge is 0.261 e. The summed E-state index contributed by atoms with van der Waals surface area (Å²) in [7, 11) is -3.46. The van der Waals surface area contributed by atoms with Crippen molar-refractivity contribution < 1.29 is 13.2 Å². The van der Waals surface area contributed by atoms with Crippen molar-refractivity contribution in [2.75, 3.05) is 6.54 Å². The number of benzene rings is 1. The molecule has 3 rings (SSSR count). The zero-order chi connectivity index (χ0) is 18.4. The van der Waals surface area contributed by atoms with Crippen molar-refractivity contribution in [1.82, 2.24) is 10.0 Å². The van der Waals surface area contributed by atoms with E-state index in [-0.39, 0.29) is 11.9 Å². The van der Waals surface area contributed by atoms with E-state index >= 15 is 0 Å². The van der Waals surface area contributed by atoms with Gasteiger partial charge in [0.15, 0.2) is 0 Å². The van der Waals surface area contributed by atoms with Crippen LogP contribution >= 0.6 is 11.3 Å². The van der Waals surface area contributed by atoms with E-state index in [0.29, 0.717) is 22.7 Å². The Morgan fingerprint density at radius 2 is 1.81 bits per heavy atom. The standard InChI is InChI=1S/C19H24N2O3S2/c22-19(18-7-4-14-25-18)20-13-12-15-8-10-17(11-9-15)26(23,24)21-16-5-2-1-3-6-16/h4,7-11,14,16,21H,1-3,5-6,12-13H2,(H,20,22). The van der Waals surface area contributed by atoms with E-state index in [0.717, 1.165) is 31.2 Å². The van der Waals surface area contributed by atoms with Crippen molar-refractivity contribution in [1.29, 1.82) is 0 Å². The summed E-state index contributed by atoms with van der Waals surface area (Å²) in [5, 5.41) is 4.74. The second-order valence-corrected chi connectivity index (χ2v) is 9.25. The summed E-state index contributed by atoms with van der Waals surface area (Å²) < 4.78 is 27.8. The quantitative estimate of drug-likeness (QED) is 0.759. The maximum Gasteiger partial charge on any atom is 0.261 e. The molecule has 1 aliphatic rings. The van der Waals surface area contributed by atoms with Crippen molar-refractivity contribution in [3.8, 4) is 0 Å². The van der Waals surface area contributed by atoms with E-state index in [2.05, 4.69) is 10.0 Å². The van der Waals surface area contributed by atoms with Crippen molar-refractivity contribution in [3.05, 3.63) is 52.2 Å². The van der Waals surface area contributed by atoms with Gasteiger partial charge in [-0.15, -0.1) is 11.3 Å². The molecular weight excluding hydrogens is 368 g/mol. The molecule has 1 saturated carbocycles. The van der Waals surface area contributed by atoms with Gasteiger partial charge in [0.2, 0.25) is 10.0 Å². The molecule has 1 fully saturated rings. The molecule has 5 nitrogen and oxygen atoms in total. The van der Waals surface area contributed by atoms with Crippen molar-refractivity contribution in [2.24, 2.45) is 0 Å². The van der Waals surface area contributed by atoms with Crippen LogP contribution in [0.15, 0.2) is 46.7 Å². The first-order valence-corrected chi connectivity index (χ1v) is 11.3. The number of thiophene rings is 1. The van der Waals surface area contributed by atoms with Gasteiger partial charge in [0.05, 0.1) is 9.77 Å². The van der Waals surface area contributed by atoms with E-state index < -0.39 is 10.0 Å². The molecule has 1 amide bonds. The molecular formula is C19H24N2O3S2. The molecule has 140 valence electrons. The van der Waals surface area contributed by atoms with Crippen molar-refractivity contribution >= 4 is 27.3 Å². The minimum Gasteiger partial charge on any atom is -0.351 e. The maximum absolute atomic E-state index is 12.5. The van der Waals surface area contributed by atoms with Crippen LogP contribution in [-0.2, 0) is 16.4 Å². The van der Waals surface area contributed by atoms with Gasteiger partial charge in [0.1, 0.15) is 0 Å². The predicted octanol–water partition coefficient (Wildman–Crippen LogP) is 3.33. The summed E-state index contributed by atoms with van der Waals surface area (Å²) in [5.41, 5.74) is 0.994. The molecule has 2 aromatic rings. The monoisotopic (exact) mass is 392 g/mol. The van der Waals surface area contributed by atoms with E-state index in [9.17, 15) is 13.2 Å². The van der Waals surface area contributed by atoms with Crippen molar-refractivity contribution in [2.45, 2.75) is 49.5 Å². The highest BCUT2D eigenvalue weighted by Crippen LogP contribution is 2.20. The minimum absolute atomic E-state index is 0.0564. The molecule has 1 aromatic heterocycles. The second-order valence-electron chi connectivity index (χ2n) is 6.58. The third-order valence-electron chi connectivity index (χ3n) is 4.60. The van der Waals surface area contributed by atoms with Crippen LogP contribution < -0.4 is 10.0 Å². The van der Waals surface area contributed by atoms with Gasteiger partial charge in [-0.1, -0.05) is 37.5 Å². The summed E-state index contributed by atoms with van der Waals surface area (Å²) >= 11 is 1.41. The molecule has 7 heteroatoms. The number of hydrogen-bond acceptors (Lipinski definition) is 4. The molecule has 0 aliphatic heterocycles. The first-order chi connectivity index (χ1) is 12.5. The maximum atomic E-state index is 12.5. The van der Waals surface area contributed by atoms with Crippen LogP contribution in [0.5, 0.6) is 0 Å². The lowest BCUT2D eigenvalue weighted by molar-refractivity contribution is 0.0958. The average Bonchev–Trinajstić information content (AvgIpc) is 3.17. The molecule has 26 heavy (non-hydrogen) atoms. The third-order valence-corrected chi connectivity index (χ3v) is 7.01. The number of carbonyl (C=O) groups excluding carboxylic acids is 1. The first kappa shape index (κ1) is 19.1. The Morgan fingerprint density at radius 1 is 1.08 bits per heavy atom. The van der Waals surface area contributed by atoms with Crippen molar-refractivity contribution in [3.63, 3.8) is 0 Å². The van der Waals surface area contributed by atoms with Gasteiger partial charge in [-0.25, -0.2) is 13.1 Å². The molecule has 0 saturated heterocycles. The van der Waals surface area contributed by atoms with Gasteiger partial charge in [0.25, 0.3) is 5.91 Å². The zero-order valence-corrected chi connectivity index (χ0v) is 16.2. The predicted molar refractivity (Wildman–Crippen MR) is 104 cm³/mol. The topological polar surface area (TPSA) is 75.3 Å². The van der Waals surface area contributed by atoms with Gasteiger partial charge >= 0.3 is 0 Å². The van der Waals surface area contributed by atoms with Crippen LogP contribution in [0.25, 0.3) is 0 Å². The second kappa shape index (κ2) is 8.79. The van der Waals surface area contributed by atoms with Crippen LogP contribution in [0.1, 0.15) is 47.3 Å². The number of rotatable bonds is 7. The molecule has 0 spiro atoms. The number of hydrogen-bond donors (Lipinski definition) is 2. The highest BCUT2D eigenvalue weighted by molar-refractivity contribution is 7.89. The van der Waals surface area contributed by atoms with Crippen LogP contribution in [-0.4, -0.2) is 26.9 Å². The summed E-state index contributed by atoms with van der Waals surface area (Å²) in [4.78, 5) is 12.9. The number of carbonyl (C=O) groups is 1. The lowest BCUT2D eigenvalue weighted by Gasteiger charge is -2.22. The Hall–Kier alpha value is -1.70. The summed E-state index contributed by atoms with van der Waals surface area (Å²) in [5.74, 6) is -0.0733. The largest absolute Gasteiger partial charge is 0.351 e. The Balaban J connectivity index is 1.51. The lowest BCUT2D eigenvalue weighted by atomic mass is 9.96. The summed E-state index contributed by atoms with van der Waals surface area (Å²) in [6.07, 6.45) is 5.86. The van der Waals surface area contributed by atoms with Gasteiger partial charge < -0.3 is 5.32 Å². The Kier molecular flexibility index (Phi) is 6.45. The van der Waals surface area contributed by atoms with Crippen LogP contribution in [0, 0.1) is 0 Å². The normalized spacial score (nSPS) is 15.7. The SMILES string of the molecule is O=C(NCCc1ccc(S(=O)(=O)NC2CCCCC2)cc1)c1cccs1. The molecule has 0 atom stereocenters. The van der Waals surface area contributed by atoms with Gasteiger partial charge in [-0.05, 0) is 48.4 Å². The van der Waals surface area contributed by atoms with Gasteiger partial charge in [-0.2, -0.15) is 0 Å². The number of amides is 1. The Morgan fingerprint density at radius 3 is 2.46 bits per heavy atom. The van der Waals surface area contributed by atoms with E-state index in [1.807, 2.05) is 23.6 Å². The van der Waals surface area contributed by atoms with Crippen LogP contribution in [0.2, 0.25) is 0 Å². The van der Waals surface area contributed by atoms with E-state index in [1.54, 1.807) is 18.2 Å². The van der Waals surface area contributed by atoms with E-state index in [1.165, 1.54) is 17.8 Å². The highest BCUT2D eigenvalue weighted by atomic mass is 32.2. The zero-order valence-electron chi connectivity index (χ0n) is 14.6. The molecule has 0 unspecified atom stereocenters. The number of nitrogens with one attached hydrogen (secondary N) is 2. The third kappa shape index (κ3) is 5.16. The fourth-order valence-corrected chi connectivity index (χ4v) is 5.10. The summed E-state index contributed by atoms with van der Waals surface area (Å²) in [6.45, 7) is 0.517. The van der Waals surface area contributed by atoms with Gasteiger partial charge in [-0.3, -0.25) is 4.79 Å². The van der Waals surface area contributed by atoms with Crippen LogP contribution in [0.3, 0.4) is 0 Å². The molecule has 1 heterocycles. The lowest BCUT2D eigenvalue weighted by Crippen LogP contribution is -2.36. The average molecular weight is 393 g/mol. The summed E-state index contributed by atoms with van der Waals surface area (Å²) in [6, 6.07) is 10.6. The number of sulfonamides is 1. The molecule has 1 aromatic carbocycles. The first-order valence-electron chi connectivity index (χ1n) is 8.97. The Bertz CT molecular complexity index is 809. The molecule has 1 aliphatic carbocycles. The Labute approximate surface area is 158 Å². The molecule has 0 bridgehead atoms. The minimum atomic E-state index is -3.46. The van der Waals surface area contributed by atoms with E-state index in [4.69, 9.17) is 0 Å². The fourth-order valence-electron chi connectivity index (χ4n) is 3.16.